The predicted octanol–water partition coefficient (Wildman–Crippen LogP) is -5.71. The van der Waals surface area contributed by atoms with Crippen LogP contribution in [0.25, 0.3) is 0 Å². The van der Waals surface area contributed by atoms with Gasteiger partial charge in [0.2, 0.25) is 0 Å². The van der Waals surface area contributed by atoms with Crippen LogP contribution in [0, 0.1) is 5.41 Å². The van der Waals surface area contributed by atoms with Crippen molar-refractivity contribution >= 4 is 53.7 Å². The maximum absolute atomic E-state index is 13.4. The van der Waals surface area contributed by atoms with E-state index in [2.05, 4.69) is 9.78 Å². The SMILES string of the molecule is O=C1CC2(O)CC(=O)OC(C(CO)(C34OOC(=O)CC(O)(CC(=O)O3)C(=O)O4)C34OC(=O)CC(O)(CC(=O)O3)C(=O)O4)(OO1)OC2=O. The molecule has 4 atom stereocenters. The van der Waals surface area contributed by atoms with Crippen molar-refractivity contribution in [2.24, 2.45) is 5.41 Å². The van der Waals surface area contributed by atoms with Crippen molar-refractivity contribution in [2.45, 2.75) is 73.2 Å². The molecular formula is C23H18O24. The molecule has 0 aromatic rings. The Bertz CT molecular complexity index is 1470. The summed E-state index contributed by atoms with van der Waals surface area (Å²) < 4.78 is 35.2. The average molecular weight is 678 g/mol. The molecule has 24 nitrogen and oxygen atoms in total. The minimum Gasteiger partial charge on any atom is -0.394 e. The molecule has 6 saturated heterocycles. The van der Waals surface area contributed by atoms with Gasteiger partial charge in [0.15, 0.2) is 16.8 Å². The quantitative estimate of drug-likeness (QED) is 0.122. The molecule has 4 unspecified atom stereocenters. The minimum atomic E-state index is -4.47. The molecule has 24 heteroatoms. The summed E-state index contributed by atoms with van der Waals surface area (Å²) >= 11 is 0. The molecule has 6 aliphatic rings. The molecule has 6 rings (SSSR count). The summed E-state index contributed by atoms with van der Waals surface area (Å²) in [5.41, 5.74) is -14.0. The number of rotatable bonds is 4. The monoisotopic (exact) mass is 678 g/mol. The van der Waals surface area contributed by atoms with E-state index in [0.29, 0.717) is 0 Å². The zero-order valence-electron chi connectivity index (χ0n) is 22.9. The Balaban J connectivity index is 1.76. The Morgan fingerprint density at radius 1 is 0.447 bits per heavy atom. The van der Waals surface area contributed by atoms with E-state index in [1.54, 1.807) is 0 Å². The molecule has 6 aliphatic heterocycles. The first kappa shape index (κ1) is 32.0. The topological polar surface area (TPSA) is 336 Å². The lowest BCUT2D eigenvalue weighted by Gasteiger charge is -2.53. The number of fused-ring (bicyclic) bond motifs is 9. The van der Waals surface area contributed by atoms with E-state index in [4.69, 9.17) is 42.9 Å². The van der Waals surface area contributed by atoms with E-state index in [1.807, 2.05) is 0 Å². The summed E-state index contributed by atoms with van der Waals surface area (Å²) in [6.45, 7) is -2.37. The number of carbonyl (C=O) groups is 9. The van der Waals surface area contributed by atoms with Crippen molar-refractivity contribution in [3.63, 3.8) is 0 Å². The van der Waals surface area contributed by atoms with Crippen LogP contribution >= 0.6 is 0 Å². The van der Waals surface area contributed by atoms with E-state index in [-0.39, 0.29) is 0 Å². The number of esters is 7. The van der Waals surface area contributed by atoms with E-state index in [9.17, 15) is 63.6 Å². The van der Waals surface area contributed by atoms with Gasteiger partial charge >= 0.3 is 77.1 Å². The summed E-state index contributed by atoms with van der Waals surface area (Å²) in [4.78, 5) is 136. The normalized spacial score (nSPS) is 41.5. The van der Waals surface area contributed by atoms with Crippen LogP contribution in [0.3, 0.4) is 0 Å². The second kappa shape index (κ2) is 9.75. The Morgan fingerprint density at radius 3 is 1.04 bits per heavy atom. The lowest BCUT2D eigenvalue weighted by atomic mass is 9.78. The molecule has 0 spiro atoms. The van der Waals surface area contributed by atoms with Crippen molar-refractivity contribution in [3.05, 3.63) is 0 Å². The Hall–Kier alpha value is -5.01. The van der Waals surface area contributed by atoms with Crippen molar-refractivity contribution in [1.29, 1.82) is 0 Å². The first-order chi connectivity index (χ1) is 21.8. The zero-order chi connectivity index (χ0) is 34.4. The molecule has 6 heterocycles. The molecule has 254 valence electrons. The summed E-state index contributed by atoms with van der Waals surface area (Å²) in [5, 5.41) is 43.8. The van der Waals surface area contributed by atoms with Crippen molar-refractivity contribution in [3.8, 4) is 0 Å². The number of aliphatic hydroxyl groups excluding tert-OH is 1. The summed E-state index contributed by atoms with van der Waals surface area (Å²) in [7, 11) is 0. The van der Waals surface area contributed by atoms with E-state index in [0.717, 1.165) is 0 Å². The van der Waals surface area contributed by atoms with Crippen LogP contribution in [0.2, 0.25) is 0 Å². The van der Waals surface area contributed by atoms with Gasteiger partial charge in [0, 0.05) is 0 Å². The third kappa shape index (κ3) is 4.33. The lowest BCUT2D eigenvalue weighted by Crippen LogP contribution is -2.81. The van der Waals surface area contributed by atoms with Gasteiger partial charge in [-0.2, -0.15) is 0 Å². The molecule has 6 fully saturated rings. The van der Waals surface area contributed by atoms with Crippen molar-refractivity contribution in [1.82, 2.24) is 0 Å². The second-order valence-corrected chi connectivity index (χ2v) is 11.0. The van der Waals surface area contributed by atoms with Gasteiger partial charge in [0.25, 0.3) is 0 Å². The number of aliphatic hydroxyl groups is 4. The third-order valence-electron chi connectivity index (χ3n) is 7.73. The van der Waals surface area contributed by atoms with Crippen LogP contribution in [0.5, 0.6) is 0 Å². The van der Waals surface area contributed by atoms with Gasteiger partial charge < -0.3 is 53.6 Å². The molecule has 0 aliphatic carbocycles. The molecule has 0 saturated carbocycles. The highest BCUT2D eigenvalue weighted by molar-refractivity contribution is 5.95. The molecule has 47 heavy (non-hydrogen) atoms. The summed E-state index contributed by atoms with van der Waals surface area (Å²) in [6, 6.07) is 0. The van der Waals surface area contributed by atoms with E-state index < -0.39 is 139 Å². The number of ether oxygens (including phenoxy) is 7. The Labute approximate surface area is 255 Å². The van der Waals surface area contributed by atoms with Crippen LogP contribution < -0.4 is 0 Å². The number of carbonyl (C=O) groups excluding carboxylic acids is 9. The molecule has 0 aromatic carbocycles. The van der Waals surface area contributed by atoms with Gasteiger partial charge in [-0.05, 0) is 0 Å². The lowest BCUT2D eigenvalue weighted by molar-refractivity contribution is -0.619. The predicted molar refractivity (Wildman–Crippen MR) is 117 cm³/mol. The van der Waals surface area contributed by atoms with Gasteiger partial charge in [0.1, 0.15) is 0 Å². The van der Waals surface area contributed by atoms with Crippen LogP contribution in [0.4, 0.5) is 0 Å². The second-order valence-electron chi connectivity index (χ2n) is 11.0. The molecule has 6 bridgehead atoms. The summed E-state index contributed by atoms with van der Waals surface area (Å²) in [5.74, 6) is -30.5. The molecule has 0 amide bonds. The Kier molecular flexibility index (Phi) is 6.63. The van der Waals surface area contributed by atoms with Crippen molar-refractivity contribution < 1.29 is 116 Å². The highest BCUT2D eigenvalue weighted by Crippen LogP contribution is 2.62. The van der Waals surface area contributed by atoms with E-state index in [1.165, 1.54) is 0 Å². The standard InChI is InChI=1S/C23H18O24/c24-7-20(21-37-8(25)1-17(34,14(31)41-21)2-9(26)38-21,22-39-10(27)3-18(35,15(32)42-22)5-12(29)44-46-22)23-40-11(28)4-19(36,16(33)43-23)6-13(30)45-47-23/h24,34-36H,1-7H2. The van der Waals surface area contributed by atoms with Crippen LogP contribution in [-0.2, 0) is 95.9 Å². The van der Waals surface area contributed by atoms with E-state index >= 15 is 0 Å². The largest absolute Gasteiger partial charge is 0.454 e. The van der Waals surface area contributed by atoms with Crippen molar-refractivity contribution in [2.75, 3.05) is 6.61 Å². The maximum Gasteiger partial charge on any atom is 0.454 e. The van der Waals surface area contributed by atoms with Crippen LogP contribution in [0.15, 0.2) is 0 Å². The maximum atomic E-state index is 13.4. The number of hydrogen-bond acceptors (Lipinski definition) is 24. The zero-order valence-corrected chi connectivity index (χ0v) is 22.9. The fraction of sp³-hybridized carbons (Fsp3) is 0.609. The minimum absolute atomic E-state index is 1.39. The fourth-order valence-electron chi connectivity index (χ4n) is 5.49. The van der Waals surface area contributed by atoms with Gasteiger partial charge in [-0.25, -0.2) is 24.0 Å². The molecule has 0 aromatic heterocycles. The van der Waals surface area contributed by atoms with Gasteiger partial charge in [-0.15, -0.1) is 0 Å². The number of hydrogen-bond donors (Lipinski definition) is 4. The molecular weight excluding hydrogens is 660 g/mol. The van der Waals surface area contributed by atoms with Crippen LogP contribution in [-0.4, -0.2) is 115 Å². The highest BCUT2D eigenvalue weighted by atomic mass is 17.3. The molecule has 0 radical (unpaired) electrons. The highest BCUT2D eigenvalue weighted by Gasteiger charge is 2.94. The Morgan fingerprint density at radius 2 is 0.723 bits per heavy atom. The third-order valence-corrected chi connectivity index (χ3v) is 7.73. The molecule has 4 N–H and O–H groups in total. The summed E-state index contributed by atoms with van der Waals surface area (Å²) in [6.07, 6.45) is -8.71. The first-order valence-corrected chi connectivity index (χ1v) is 12.9. The van der Waals surface area contributed by atoms with Gasteiger partial charge in [-0.3, -0.25) is 29.0 Å². The fourth-order valence-corrected chi connectivity index (χ4v) is 5.49. The smallest absolute Gasteiger partial charge is 0.394 e. The average Bonchev–Trinajstić information content (AvgIpc) is 3.14. The van der Waals surface area contributed by atoms with Gasteiger partial charge in [0.05, 0.1) is 45.1 Å². The van der Waals surface area contributed by atoms with Gasteiger partial charge in [-0.1, -0.05) is 9.78 Å². The first-order valence-electron chi connectivity index (χ1n) is 12.9. The van der Waals surface area contributed by atoms with Crippen LogP contribution in [0.1, 0.15) is 38.5 Å².